The fourth-order valence-corrected chi connectivity index (χ4v) is 8.65. The van der Waals surface area contributed by atoms with E-state index < -0.39 is 53.6 Å². The van der Waals surface area contributed by atoms with Crippen LogP contribution in [0.15, 0.2) is 6.07 Å². The van der Waals surface area contributed by atoms with E-state index in [9.17, 15) is 24.9 Å². The maximum atomic E-state index is 12.8. The van der Waals surface area contributed by atoms with Gasteiger partial charge < -0.3 is 45.3 Å². The predicted octanol–water partition coefficient (Wildman–Crippen LogP) is 1.63. The van der Waals surface area contributed by atoms with Gasteiger partial charge in [0, 0.05) is 41.0 Å². The number of carbonyl (C=O) groups excluding carboxylic acids is 2. The zero-order valence-corrected chi connectivity index (χ0v) is 24.8. The van der Waals surface area contributed by atoms with Gasteiger partial charge in [-0.2, -0.15) is 0 Å². The van der Waals surface area contributed by atoms with E-state index in [1.54, 1.807) is 6.92 Å². The molecular weight excluding hydrogens is 566 g/mol. The first kappa shape index (κ1) is 28.9. The van der Waals surface area contributed by atoms with E-state index in [2.05, 4.69) is 5.32 Å². The van der Waals surface area contributed by atoms with Crippen molar-refractivity contribution in [2.45, 2.75) is 68.9 Å². The van der Waals surface area contributed by atoms with E-state index in [1.165, 1.54) is 32.9 Å². The number of aliphatic hydroxyl groups excluding tert-OH is 1. The second kappa shape index (κ2) is 10.5. The Kier molecular flexibility index (Phi) is 7.21. The molecule has 12 nitrogen and oxygen atoms in total. The van der Waals surface area contributed by atoms with Crippen LogP contribution in [0.2, 0.25) is 0 Å². The molecule has 4 heterocycles. The van der Waals surface area contributed by atoms with Crippen LogP contribution in [0, 0.1) is 13.8 Å². The highest BCUT2D eigenvalue weighted by atomic mass is 32.2. The molecule has 2 saturated heterocycles. The van der Waals surface area contributed by atoms with Gasteiger partial charge in [-0.05, 0) is 31.4 Å². The molecule has 6 rings (SSSR count). The van der Waals surface area contributed by atoms with E-state index in [-0.39, 0.29) is 35.4 Å². The molecule has 0 saturated carbocycles. The highest BCUT2D eigenvalue weighted by Gasteiger charge is 2.58. The lowest BCUT2D eigenvalue weighted by Gasteiger charge is -2.59. The number of carbonyl (C=O) groups is 2. The molecule has 2 aromatic rings. The molecule has 226 valence electrons. The molecule has 2 fully saturated rings. The number of aromatic hydroxyl groups is 2. The number of nitrogens with zero attached hydrogens (tertiary/aromatic N) is 1. The van der Waals surface area contributed by atoms with Crippen molar-refractivity contribution in [3.05, 3.63) is 39.4 Å². The summed E-state index contributed by atoms with van der Waals surface area (Å²) in [5, 5.41) is 38.0. The van der Waals surface area contributed by atoms with Crippen molar-refractivity contribution in [3.63, 3.8) is 0 Å². The van der Waals surface area contributed by atoms with Crippen LogP contribution in [0.25, 0.3) is 0 Å². The number of aliphatic hydroxyl groups is 1. The topological polar surface area (TPSA) is 173 Å². The summed E-state index contributed by atoms with van der Waals surface area (Å²) in [6.45, 7) is 4.61. The van der Waals surface area contributed by atoms with Crippen LogP contribution in [-0.4, -0.2) is 83.1 Å². The van der Waals surface area contributed by atoms with Gasteiger partial charge in [0.25, 0.3) is 0 Å². The van der Waals surface area contributed by atoms with Gasteiger partial charge in [0.05, 0.1) is 37.6 Å². The number of rotatable bonds is 3. The summed E-state index contributed by atoms with van der Waals surface area (Å²) in [6, 6.07) is -1.35. The van der Waals surface area contributed by atoms with Gasteiger partial charge in [0.2, 0.25) is 0 Å². The van der Waals surface area contributed by atoms with Gasteiger partial charge in [-0.1, -0.05) is 6.07 Å². The number of fused-ring (bicyclic) bond motifs is 7. The predicted molar refractivity (Wildman–Crippen MR) is 152 cm³/mol. The monoisotopic (exact) mass is 601 g/mol. The lowest BCUT2D eigenvalue weighted by Crippen LogP contribution is -2.69. The Morgan fingerprint density at radius 3 is 2.48 bits per heavy atom. The first-order chi connectivity index (χ1) is 20.0. The normalized spacial score (nSPS) is 30.0. The number of esters is 2. The van der Waals surface area contributed by atoms with Crippen molar-refractivity contribution in [1.29, 1.82) is 0 Å². The zero-order valence-electron chi connectivity index (χ0n) is 24.0. The Hall–Kier alpha value is -3.23. The number of ether oxygens (including phenoxy) is 4. The van der Waals surface area contributed by atoms with Gasteiger partial charge in [0.15, 0.2) is 23.0 Å². The molecule has 7 atom stereocenters. The van der Waals surface area contributed by atoms with Crippen molar-refractivity contribution in [3.8, 4) is 28.7 Å². The minimum Gasteiger partial charge on any atom is -0.504 e. The van der Waals surface area contributed by atoms with E-state index in [0.717, 1.165) is 11.1 Å². The number of aryl methyl sites for hydroxylation is 1. The molecule has 4 bridgehead atoms. The summed E-state index contributed by atoms with van der Waals surface area (Å²) in [4.78, 5) is 27.0. The summed E-state index contributed by atoms with van der Waals surface area (Å²) < 4.78 is 22.6. The average Bonchev–Trinajstić information content (AvgIpc) is 2.94. The van der Waals surface area contributed by atoms with Crippen LogP contribution in [0.1, 0.15) is 57.6 Å². The smallest absolute Gasteiger partial charge is 0.323 e. The second-order valence-electron chi connectivity index (χ2n) is 11.2. The third kappa shape index (κ3) is 4.13. The third-order valence-corrected chi connectivity index (χ3v) is 10.3. The van der Waals surface area contributed by atoms with Crippen molar-refractivity contribution in [2.24, 2.45) is 5.73 Å². The van der Waals surface area contributed by atoms with Crippen molar-refractivity contribution in [1.82, 2.24) is 10.2 Å². The Morgan fingerprint density at radius 2 is 1.81 bits per heavy atom. The number of nitrogens with one attached hydrogen (secondary N) is 1. The minimum atomic E-state index is -1.07. The molecule has 2 aromatic carbocycles. The Labute approximate surface area is 247 Å². The summed E-state index contributed by atoms with van der Waals surface area (Å²) in [5.41, 5.74) is 9.80. The fraction of sp³-hybridized carbons (Fsp3) is 0.517. The molecule has 0 amide bonds. The molecule has 0 radical (unpaired) electrons. The quantitative estimate of drug-likeness (QED) is 0.254. The highest BCUT2D eigenvalue weighted by molar-refractivity contribution is 7.99. The number of piperazine rings is 1. The number of hydrogen-bond acceptors (Lipinski definition) is 13. The van der Waals surface area contributed by atoms with Crippen LogP contribution < -0.4 is 25.3 Å². The van der Waals surface area contributed by atoms with Crippen LogP contribution >= 0.6 is 11.8 Å². The summed E-state index contributed by atoms with van der Waals surface area (Å²) in [7, 11) is 2.90. The molecule has 1 unspecified atom stereocenters. The van der Waals surface area contributed by atoms with Crippen LogP contribution in [0.5, 0.6) is 28.7 Å². The summed E-state index contributed by atoms with van der Waals surface area (Å²) in [5.74, 6) is -0.486. The van der Waals surface area contributed by atoms with Gasteiger partial charge in [-0.25, -0.2) is 0 Å². The molecule has 6 N–H and O–H groups in total. The fourth-order valence-electron chi connectivity index (χ4n) is 7.20. The van der Waals surface area contributed by atoms with E-state index in [0.29, 0.717) is 34.4 Å². The average molecular weight is 602 g/mol. The molecular formula is C29H35N3O9S. The zero-order chi connectivity index (χ0) is 30.2. The number of hydrogen-bond donors (Lipinski definition) is 5. The van der Waals surface area contributed by atoms with Gasteiger partial charge in [-0.3, -0.25) is 14.5 Å². The van der Waals surface area contributed by atoms with E-state index in [4.69, 9.17) is 24.7 Å². The minimum absolute atomic E-state index is 0.00933. The summed E-state index contributed by atoms with van der Waals surface area (Å²) in [6.07, 6.45) is -0.653. The van der Waals surface area contributed by atoms with Gasteiger partial charge in [0.1, 0.15) is 24.6 Å². The number of methoxy groups -OCH3 is 2. The number of benzene rings is 2. The number of phenolic OH excluding ortho intramolecular Hbond substituents is 2. The second-order valence-corrected chi connectivity index (χ2v) is 12.4. The molecule has 0 aromatic heterocycles. The lowest BCUT2D eigenvalue weighted by atomic mass is 9.74. The lowest BCUT2D eigenvalue weighted by molar-refractivity contribution is -0.159. The standard InChI is InChI=1S/C29H35N3O9S/c1-10-6-13-7-15-28(36)32-16-8-40-29(37)14(30)9-42-27(21(32)20(31-15)17(13)22(34)24(10)38-4)19-18(16)23(35)26(39-5)11(2)25(19)41-12(3)33/h6,14-16,20-21,27-28,31,34-36H,7-9,30H2,1-5H3/t14-,15-,16-,20+,21?,27+,28-/m0/s1. The first-order valence-corrected chi connectivity index (χ1v) is 14.8. The van der Waals surface area contributed by atoms with Crippen molar-refractivity contribution < 1.29 is 43.9 Å². The molecule has 0 aliphatic carbocycles. The molecule has 4 aliphatic heterocycles. The van der Waals surface area contributed by atoms with E-state index >= 15 is 0 Å². The Bertz CT molecular complexity index is 1480. The van der Waals surface area contributed by atoms with Crippen molar-refractivity contribution >= 4 is 23.7 Å². The van der Waals surface area contributed by atoms with Crippen molar-refractivity contribution in [2.75, 3.05) is 26.6 Å². The first-order valence-electron chi connectivity index (χ1n) is 13.8. The maximum Gasteiger partial charge on any atom is 0.323 e. The number of cyclic esters (lactones) is 1. The summed E-state index contributed by atoms with van der Waals surface area (Å²) >= 11 is 1.34. The maximum absolute atomic E-state index is 12.8. The molecule has 4 aliphatic rings. The molecule has 13 heteroatoms. The molecule has 0 spiro atoms. The van der Waals surface area contributed by atoms with Crippen LogP contribution in [-0.2, 0) is 20.7 Å². The SMILES string of the molecule is COc1c(C)cc2c(c1O)[C@H]1N[C@@H](C2)[C@H](O)N2C1[C@@H]1SC[C@H](N)C(=O)OC[C@H]2c2c(O)c(OC)c(C)c(OC(C)=O)c21. The third-order valence-electron chi connectivity index (χ3n) is 8.83. The number of nitrogens with two attached hydrogens (primary N) is 1. The number of phenols is 2. The van der Waals surface area contributed by atoms with Gasteiger partial charge in [-0.15, -0.1) is 11.8 Å². The Balaban J connectivity index is 1.67. The van der Waals surface area contributed by atoms with Gasteiger partial charge >= 0.3 is 11.9 Å². The molecule has 42 heavy (non-hydrogen) atoms. The van der Waals surface area contributed by atoms with E-state index in [1.807, 2.05) is 17.9 Å². The number of thioether (sulfide) groups is 1. The van der Waals surface area contributed by atoms with Crippen LogP contribution in [0.3, 0.4) is 0 Å². The largest absolute Gasteiger partial charge is 0.504 e. The highest BCUT2D eigenvalue weighted by Crippen LogP contribution is 2.61. The Morgan fingerprint density at radius 1 is 1.12 bits per heavy atom. The van der Waals surface area contributed by atoms with Crippen LogP contribution in [0.4, 0.5) is 0 Å².